The predicted octanol–water partition coefficient (Wildman–Crippen LogP) is 4.38. The molecule has 5 rings (SSSR count). The number of rotatable bonds is 1. The zero-order chi connectivity index (χ0) is 17.2. The van der Waals surface area contributed by atoms with E-state index in [0.717, 1.165) is 55.6 Å². The molecule has 4 aliphatic carbocycles. The van der Waals surface area contributed by atoms with Gasteiger partial charge in [-0.2, -0.15) is 0 Å². The summed E-state index contributed by atoms with van der Waals surface area (Å²) in [6.07, 6.45) is 11.6. The Bertz CT molecular complexity index is 513. The van der Waals surface area contributed by atoms with Gasteiger partial charge >= 0.3 is 0 Å². The molecule has 3 heteroatoms. The fraction of sp³-hybridized carbons (Fsp3) is 1.00. The van der Waals surface area contributed by atoms with Crippen molar-refractivity contribution in [3.8, 4) is 0 Å². The van der Waals surface area contributed by atoms with Crippen LogP contribution in [0.4, 0.5) is 0 Å². The summed E-state index contributed by atoms with van der Waals surface area (Å²) >= 11 is 0. The van der Waals surface area contributed by atoms with Crippen molar-refractivity contribution in [3.63, 3.8) is 0 Å². The molecule has 142 valence electrons. The Morgan fingerprint density at radius 1 is 0.760 bits per heavy atom. The second-order valence-corrected chi connectivity index (χ2v) is 10.3. The van der Waals surface area contributed by atoms with Gasteiger partial charge in [-0.15, -0.1) is 0 Å². The monoisotopic (exact) mass is 348 g/mol. The molecule has 0 spiro atoms. The van der Waals surface area contributed by atoms with Crippen LogP contribution < -0.4 is 0 Å². The van der Waals surface area contributed by atoms with E-state index in [4.69, 9.17) is 9.47 Å². The lowest BCUT2D eigenvalue weighted by Gasteiger charge is -2.59. The molecule has 0 radical (unpaired) electrons. The highest BCUT2D eigenvalue weighted by Crippen LogP contribution is 2.64. The average Bonchev–Trinajstić information content (AvgIpc) is 3.22. The number of ether oxygens (including phenoxy) is 2. The largest absolute Gasteiger partial charge is 0.393 e. The van der Waals surface area contributed by atoms with Gasteiger partial charge in [-0.3, -0.25) is 0 Å². The fourth-order valence-electron chi connectivity index (χ4n) is 8.29. The minimum Gasteiger partial charge on any atom is -0.393 e. The number of aliphatic hydroxyl groups is 1. The molecule has 0 aromatic carbocycles. The highest BCUT2D eigenvalue weighted by Gasteiger charge is 2.59. The maximum Gasteiger partial charge on any atom is 0.168 e. The van der Waals surface area contributed by atoms with Crippen molar-refractivity contribution in [1.82, 2.24) is 0 Å². The lowest BCUT2D eigenvalue weighted by Crippen LogP contribution is -2.52. The Morgan fingerprint density at radius 2 is 1.40 bits per heavy atom. The third kappa shape index (κ3) is 2.48. The van der Waals surface area contributed by atoms with E-state index in [1.807, 2.05) is 0 Å². The minimum atomic E-state index is -0.303. The van der Waals surface area contributed by atoms with Crippen LogP contribution in [-0.4, -0.2) is 30.2 Å². The Kier molecular flexibility index (Phi) is 4.04. The molecule has 1 aliphatic heterocycles. The summed E-state index contributed by atoms with van der Waals surface area (Å²) in [5, 5.41) is 10.2. The van der Waals surface area contributed by atoms with Crippen molar-refractivity contribution in [2.24, 2.45) is 40.9 Å². The molecule has 1 heterocycles. The van der Waals surface area contributed by atoms with E-state index in [2.05, 4.69) is 13.8 Å². The molecule has 5 fully saturated rings. The average molecular weight is 349 g/mol. The van der Waals surface area contributed by atoms with E-state index in [1.54, 1.807) is 0 Å². The van der Waals surface area contributed by atoms with Gasteiger partial charge in [0.2, 0.25) is 0 Å². The second kappa shape index (κ2) is 5.94. The van der Waals surface area contributed by atoms with Gasteiger partial charge in [-0.25, -0.2) is 0 Å². The van der Waals surface area contributed by atoms with E-state index in [-0.39, 0.29) is 11.9 Å². The van der Waals surface area contributed by atoms with Crippen LogP contribution >= 0.6 is 0 Å². The van der Waals surface area contributed by atoms with E-state index >= 15 is 0 Å². The Labute approximate surface area is 152 Å². The summed E-state index contributed by atoms with van der Waals surface area (Å²) in [7, 11) is 0. The smallest absolute Gasteiger partial charge is 0.168 e. The molecule has 5 aliphatic rings. The van der Waals surface area contributed by atoms with Gasteiger partial charge in [0.05, 0.1) is 19.3 Å². The van der Waals surface area contributed by atoms with Crippen molar-refractivity contribution in [2.45, 2.75) is 83.5 Å². The zero-order valence-electron chi connectivity index (χ0n) is 16.1. The number of hydrogen-bond donors (Lipinski definition) is 1. The molecular weight excluding hydrogens is 312 g/mol. The number of hydrogen-bond acceptors (Lipinski definition) is 3. The number of fused-ring (bicyclic) bond motifs is 5. The molecule has 4 saturated carbocycles. The molecule has 1 saturated heterocycles. The summed E-state index contributed by atoms with van der Waals surface area (Å²) in [5.74, 6) is 4.62. The van der Waals surface area contributed by atoms with Crippen LogP contribution in [0.5, 0.6) is 0 Å². The molecule has 0 aromatic heterocycles. The SMILES string of the molecule is CC1(C2CCC3C2CCC2C3CCC3CC(O)CCC32C)OCCO1. The second-order valence-electron chi connectivity index (χ2n) is 10.3. The van der Waals surface area contributed by atoms with Gasteiger partial charge in [-0.1, -0.05) is 6.92 Å². The Balaban J connectivity index is 1.37. The van der Waals surface area contributed by atoms with Crippen LogP contribution in [0.1, 0.15) is 71.6 Å². The maximum absolute atomic E-state index is 10.2. The quantitative estimate of drug-likeness (QED) is 0.764. The topological polar surface area (TPSA) is 38.7 Å². The first-order valence-electron chi connectivity index (χ1n) is 11.0. The van der Waals surface area contributed by atoms with Crippen molar-refractivity contribution >= 4 is 0 Å². The molecular formula is C22H36O3. The zero-order valence-corrected chi connectivity index (χ0v) is 16.1. The van der Waals surface area contributed by atoms with E-state index < -0.39 is 0 Å². The first kappa shape index (κ1) is 17.0. The third-order valence-electron chi connectivity index (χ3n) is 9.49. The van der Waals surface area contributed by atoms with Crippen LogP contribution in [0.2, 0.25) is 0 Å². The van der Waals surface area contributed by atoms with Crippen LogP contribution in [-0.2, 0) is 9.47 Å². The molecule has 0 bridgehead atoms. The van der Waals surface area contributed by atoms with Crippen LogP contribution in [0.15, 0.2) is 0 Å². The highest BCUT2D eigenvalue weighted by molar-refractivity contribution is 5.07. The lowest BCUT2D eigenvalue weighted by atomic mass is 9.47. The highest BCUT2D eigenvalue weighted by atomic mass is 16.7. The van der Waals surface area contributed by atoms with E-state index in [0.29, 0.717) is 11.3 Å². The molecule has 0 aromatic rings. The van der Waals surface area contributed by atoms with Gasteiger partial charge < -0.3 is 14.6 Å². The van der Waals surface area contributed by atoms with Gasteiger partial charge in [0.15, 0.2) is 5.79 Å². The third-order valence-corrected chi connectivity index (χ3v) is 9.49. The first-order chi connectivity index (χ1) is 12.0. The molecule has 8 unspecified atom stereocenters. The number of aliphatic hydroxyl groups excluding tert-OH is 1. The summed E-state index contributed by atoms with van der Waals surface area (Å²) < 4.78 is 12.2. The standard InChI is InChI=1S/C22H36O3/c1-21-10-9-15(23)13-14(21)3-4-17-16-5-8-20(18(16)6-7-19(17)21)22(2)24-11-12-25-22/h14-20,23H,3-13H2,1-2H3. The van der Waals surface area contributed by atoms with Crippen molar-refractivity contribution in [1.29, 1.82) is 0 Å². The summed E-state index contributed by atoms with van der Waals surface area (Å²) in [4.78, 5) is 0. The normalized spacial score (nSPS) is 54.6. The van der Waals surface area contributed by atoms with Crippen molar-refractivity contribution in [2.75, 3.05) is 13.2 Å². The first-order valence-corrected chi connectivity index (χ1v) is 11.0. The molecule has 3 nitrogen and oxygen atoms in total. The van der Waals surface area contributed by atoms with Crippen LogP contribution in [0.3, 0.4) is 0 Å². The van der Waals surface area contributed by atoms with Crippen molar-refractivity contribution < 1.29 is 14.6 Å². The minimum absolute atomic E-state index is 0.0292. The summed E-state index contributed by atoms with van der Waals surface area (Å²) in [6, 6.07) is 0. The maximum atomic E-state index is 10.2. The van der Waals surface area contributed by atoms with Crippen LogP contribution in [0.25, 0.3) is 0 Å². The summed E-state index contributed by atoms with van der Waals surface area (Å²) in [6.45, 7) is 6.34. The molecule has 0 amide bonds. The Morgan fingerprint density at radius 3 is 2.20 bits per heavy atom. The van der Waals surface area contributed by atoms with Crippen LogP contribution in [0, 0.1) is 40.9 Å². The van der Waals surface area contributed by atoms with Gasteiger partial charge in [0.1, 0.15) is 0 Å². The van der Waals surface area contributed by atoms with Gasteiger partial charge in [0, 0.05) is 5.92 Å². The lowest BCUT2D eigenvalue weighted by molar-refractivity contribution is -0.198. The fourth-order valence-corrected chi connectivity index (χ4v) is 8.29. The predicted molar refractivity (Wildman–Crippen MR) is 96.9 cm³/mol. The molecule has 8 atom stereocenters. The summed E-state index contributed by atoms with van der Waals surface area (Å²) in [5.41, 5.74) is 0.495. The van der Waals surface area contributed by atoms with E-state index in [9.17, 15) is 5.11 Å². The van der Waals surface area contributed by atoms with Gasteiger partial charge in [-0.05, 0) is 99.7 Å². The van der Waals surface area contributed by atoms with Gasteiger partial charge in [0.25, 0.3) is 0 Å². The molecule has 1 N–H and O–H groups in total. The molecule has 25 heavy (non-hydrogen) atoms. The Hall–Kier alpha value is -0.120. The van der Waals surface area contributed by atoms with Crippen molar-refractivity contribution in [3.05, 3.63) is 0 Å². The van der Waals surface area contributed by atoms with E-state index in [1.165, 1.54) is 44.9 Å².